The highest BCUT2D eigenvalue weighted by Crippen LogP contribution is 2.30. The molecule has 0 saturated heterocycles. The Morgan fingerprint density at radius 2 is 2.05 bits per heavy atom. The smallest absolute Gasteiger partial charge is 0.337 e. The molecule has 0 spiro atoms. The van der Waals surface area contributed by atoms with Gasteiger partial charge in [0.05, 0.1) is 11.3 Å². The van der Waals surface area contributed by atoms with Crippen molar-refractivity contribution in [2.75, 3.05) is 11.6 Å². The van der Waals surface area contributed by atoms with Crippen LogP contribution in [0.25, 0.3) is 0 Å². The zero-order valence-electron chi connectivity index (χ0n) is 10.9. The van der Waals surface area contributed by atoms with Crippen LogP contribution in [0, 0.1) is 0 Å². The van der Waals surface area contributed by atoms with Crippen molar-refractivity contribution in [2.24, 2.45) is 0 Å². The second-order valence-electron chi connectivity index (χ2n) is 4.85. The van der Waals surface area contributed by atoms with Crippen LogP contribution in [0.3, 0.4) is 0 Å². The first kappa shape index (κ1) is 14.7. The van der Waals surface area contributed by atoms with Gasteiger partial charge in [0.1, 0.15) is 0 Å². The minimum absolute atomic E-state index is 0.343. The van der Waals surface area contributed by atoms with E-state index in [0.717, 1.165) is 28.3 Å². The lowest BCUT2D eigenvalue weighted by atomic mass is 9.94. The van der Waals surface area contributed by atoms with Gasteiger partial charge in [-0.15, -0.1) is 0 Å². The summed E-state index contributed by atoms with van der Waals surface area (Å²) < 4.78 is 0.901. The summed E-state index contributed by atoms with van der Waals surface area (Å²) in [6.07, 6.45) is 6.79. The molecule has 0 unspecified atom stereocenters. The Hall–Kier alpha value is -0.680. The molecule has 1 aliphatic rings. The first-order valence-electron chi connectivity index (χ1n) is 6.42. The molecule has 0 aromatic heterocycles. The Kier molecular flexibility index (Phi) is 5.16. The van der Waals surface area contributed by atoms with Gasteiger partial charge in [-0.2, -0.15) is 11.8 Å². The molecule has 2 N–H and O–H groups in total. The van der Waals surface area contributed by atoms with E-state index in [-0.39, 0.29) is 0 Å². The van der Waals surface area contributed by atoms with E-state index in [1.54, 1.807) is 12.1 Å². The van der Waals surface area contributed by atoms with Gasteiger partial charge in [-0.1, -0.05) is 15.9 Å². The number of carbonyl (C=O) groups is 1. The second-order valence-corrected chi connectivity index (χ2v) is 6.90. The molecule has 1 aromatic carbocycles. The maximum Gasteiger partial charge on any atom is 0.337 e. The lowest BCUT2D eigenvalue weighted by molar-refractivity contribution is 0.0698. The molecule has 0 heterocycles. The Bertz CT molecular complexity index is 459. The number of aromatic carboxylic acids is 1. The fourth-order valence-electron chi connectivity index (χ4n) is 2.49. The highest BCUT2D eigenvalue weighted by molar-refractivity contribution is 9.10. The predicted molar refractivity (Wildman–Crippen MR) is 84.3 cm³/mol. The van der Waals surface area contributed by atoms with Gasteiger partial charge in [0.25, 0.3) is 0 Å². The molecule has 0 radical (unpaired) electrons. The Morgan fingerprint density at radius 3 is 2.63 bits per heavy atom. The molecule has 1 fully saturated rings. The molecule has 2 rings (SSSR count). The molecule has 1 aliphatic carbocycles. The van der Waals surface area contributed by atoms with Crippen LogP contribution in [-0.4, -0.2) is 28.6 Å². The number of hydrogen-bond acceptors (Lipinski definition) is 3. The fraction of sp³-hybridized carbons (Fsp3) is 0.500. The van der Waals surface area contributed by atoms with Crippen LogP contribution < -0.4 is 5.32 Å². The summed E-state index contributed by atoms with van der Waals surface area (Å²) in [5.74, 6) is -0.882. The summed E-state index contributed by atoms with van der Waals surface area (Å²) in [6.45, 7) is 0. The minimum Gasteiger partial charge on any atom is -0.478 e. The van der Waals surface area contributed by atoms with E-state index in [1.807, 2.05) is 17.8 Å². The quantitative estimate of drug-likeness (QED) is 0.858. The number of anilines is 1. The van der Waals surface area contributed by atoms with Gasteiger partial charge in [-0.05, 0) is 50.1 Å². The average molecular weight is 344 g/mol. The molecule has 0 aliphatic heterocycles. The minimum atomic E-state index is -0.882. The number of nitrogens with one attached hydrogen (secondary N) is 1. The van der Waals surface area contributed by atoms with E-state index in [2.05, 4.69) is 27.5 Å². The normalized spacial score (nSPS) is 23.1. The second kappa shape index (κ2) is 6.66. The molecule has 5 heteroatoms. The van der Waals surface area contributed by atoms with Crippen molar-refractivity contribution in [1.82, 2.24) is 0 Å². The zero-order chi connectivity index (χ0) is 13.8. The van der Waals surface area contributed by atoms with E-state index >= 15 is 0 Å². The molecule has 3 nitrogen and oxygen atoms in total. The predicted octanol–water partition coefficient (Wildman–Crippen LogP) is 4.23. The Balaban J connectivity index is 2.06. The first-order valence-corrected chi connectivity index (χ1v) is 8.50. The summed E-state index contributed by atoms with van der Waals surface area (Å²) in [5, 5.41) is 13.4. The SMILES string of the molecule is CSC1CCC(Nc2cc(Br)ccc2C(=O)O)CC1. The zero-order valence-corrected chi connectivity index (χ0v) is 13.3. The van der Waals surface area contributed by atoms with Gasteiger partial charge in [0.15, 0.2) is 0 Å². The van der Waals surface area contributed by atoms with Crippen LogP contribution in [0.4, 0.5) is 5.69 Å². The van der Waals surface area contributed by atoms with E-state index in [1.165, 1.54) is 12.8 Å². The van der Waals surface area contributed by atoms with Crippen LogP contribution >= 0.6 is 27.7 Å². The van der Waals surface area contributed by atoms with Crippen molar-refractivity contribution >= 4 is 39.3 Å². The summed E-state index contributed by atoms with van der Waals surface area (Å²) in [7, 11) is 0. The molecule has 0 bridgehead atoms. The van der Waals surface area contributed by atoms with Crippen molar-refractivity contribution < 1.29 is 9.90 Å². The molecule has 0 atom stereocenters. The summed E-state index contributed by atoms with van der Waals surface area (Å²) in [5.41, 5.74) is 1.06. The molecule has 1 aromatic rings. The fourth-order valence-corrected chi connectivity index (χ4v) is 3.59. The monoisotopic (exact) mass is 343 g/mol. The van der Waals surface area contributed by atoms with Gasteiger partial charge in [0.2, 0.25) is 0 Å². The number of carboxylic acids is 1. The lowest BCUT2D eigenvalue weighted by Gasteiger charge is -2.29. The standard InChI is InChI=1S/C14H18BrNO2S/c1-19-11-5-3-10(4-6-11)16-13-8-9(15)2-7-12(13)14(17)18/h2,7-8,10-11,16H,3-6H2,1H3,(H,17,18). The van der Waals surface area contributed by atoms with E-state index in [9.17, 15) is 9.90 Å². The van der Waals surface area contributed by atoms with Crippen LogP contribution in [-0.2, 0) is 0 Å². The van der Waals surface area contributed by atoms with Crippen molar-refractivity contribution in [3.63, 3.8) is 0 Å². The van der Waals surface area contributed by atoms with Gasteiger partial charge in [0, 0.05) is 15.8 Å². The number of thioether (sulfide) groups is 1. The summed E-state index contributed by atoms with van der Waals surface area (Å²) >= 11 is 5.33. The van der Waals surface area contributed by atoms with E-state index in [4.69, 9.17) is 0 Å². The Morgan fingerprint density at radius 1 is 1.37 bits per heavy atom. The summed E-state index contributed by atoms with van der Waals surface area (Å²) in [6, 6.07) is 5.64. The highest BCUT2D eigenvalue weighted by Gasteiger charge is 2.21. The number of carboxylic acid groups (broad SMARTS) is 1. The Labute approximate surface area is 126 Å². The maximum atomic E-state index is 11.2. The topological polar surface area (TPSA) is 49.3 Å². The van der Waals surface area contributed by atoms with Gasteiger partial charge < -0.3 is 10.4 Å². The van der Waals surface area contributed by atoms with Crippen LogP contribution in [0.15, 0.2) is 22.7 Å². The highest BCUT2D eigenvalue weighted by atomic mass is 79.9. The summed E-state index contributed by atoms with van der Waals surface area (Å²) in [4.78, 5) is 11.2. The maximum absolute atomic E-state index is 11.2. The third-order valence-corrected chi connectivity index (χ3v) is 5.21. The van der Waals surface area contributed by atoms with Gasteiger partial charge in [-0.3, -0.25) is 0 Å². The molecule has 1 saturated carbocycles. The average Bonchev–Trinajstić information content (AvgIpc) is 2.39. The number of rotatable bonds is 4. The van der Waals surface area contributed by atoms with Crippen LogP contribution in [0.5, 0.6) is 0 Å². The van der Waals surface area contributed by atoms with Crippen molar-refractivity contribution in [3.8, 4) is 0 Å². The van der Waals surface area contributed by atoms with Crippen LogP contribution in [0.1, 0.15) is 36.0 Å². The van der Waals surface area contributed by atoms with E-state index in [0.29, 0.717) is 11.6 Å². The lowest BCUT2D eigenvalue weighted by Crippen LogP contribution is -2.27. The first-order chi connectivity index (χ1) is 9.10. The van der Waals surface area contributed by atoms with Gasteiger partial charge >= 0.3 is 5.97 Å². The molecule has 104 valence electrons. The van der Waals surface area contributed by atoms with Crippen LogP contribution in [0.2, 0.25) is 0 Å². The van der Waals surface area contributed by atoms with Crippen molar-refractivity contribution in [1.29, 1.82) is 0 Å². The van der Waals surface area contributed by atoms with Crippen molar-refractivity contribution in [2.45, 2.75) is 37.0 Å². The number of benzene rings is 1. The van der Waals surface area contributed by atoms with Gasteiger partial charge in [-0.25, -0.2) is 4.79 Å². The number of halogens is 1. The number of hydrogen-bond donors (Lipinski definition) is 2. The molecule has 0 amide bonds. The molecular weight excluding hydrogens is 326 g/mol. The van der Waals surface area contributed by atoms with E-state index < -0.39 is 5.97 Å². The molecule has 19 heavy (non-hydrogen) atoms. The third-order valence-electron chi connectivity index (χ3n) is 3.58. The largest absolute Gasteiger partial charge is 0.478 e. The van der Waals surface area contributed by atoms with Crippen molar-refractivity contribution in [3.05, 3.63) is 28.2 Å². The molecular formula is C14H18BrNO2S. The third kappa shape index (κ3) is 3.89.